The van der Waals surface area contributed by atoms with E-state index in [9.17, 15) is 18.0 Å². The third kappa shape index (κ3) is 6.97. The van der Waals surface area contributed by atoms with Crippen molar-refractivity contribution in [1.82, 2.24) is 10.6 Å². The minimum Gasteiger partial charge on any atom is -0.495 e. The zero-order chi connectivity index (χ0) is 21.4. The van der Waals surface area contributed by atoms with Crippen LogP contribution < -0.4 is 25.4 Å². The predicted octanol–water partition coefficient (Wildman–Crippen LogP) is 1.39. The van der Waals surface area contributed by atoms with E-state index in [0.717, 1.165) is 0 Å². The number of carbonyl (C=O) groups is 2. The van der Waals surface area contributed by atoms with Crippen LogP contribution in [0, 0.1) is 0 Å². The van der Waals surface area contributed by atoms with Crippen molar-refractivity contribution in [3.05, 3.63) is 54.1 Å². The van der Waals surface area contributed by atoms with Crippen LogP contribution in [0.1, 0.15) is 5.56 Å². The van der Waals surface area contributed by atoms with E-state index >= 15 is 0 Å². The molecule has 2 aromatic rings. The van der Waals surface area contributed by atoms with Crippen LogP contribution in [-0.2, 0) is 21.5 Å². The third-order valence-electron chi connectivity index (χ3n) is 3.86. The van der Waals surface area contributed by atoms with Gasteiger partial charge in [-0.15, -0.1) is 0 Å². The lowest BCUT2D eigenvalue weighted by molar-refractivity contribution is -0.122. The van der Waals surface area contributed by atoms with Crippen LogP contribution in [0.2, 0.25) is 0 Å². The summed E-state index contributed by atoms with van der Waals surface area (Å²) in [5.41, 5.74) is 1.27. The van der Waals surface area contributed by atoms with Gasteiger partial charge >= 0.3 is 16.3 Å². The highest BCUT2D eigenvalue weighted by atomic mass is 32.2. The first-order chi connectivity index (χ1) is 13.7. The standard InChI is InChI=1S/C18H22N4O6S/c1-19-17(23)15(11-12-7-9-13(10-8-12)22-29(25,26)27)21-18(24)20-14-5-3-4-6-16(14)28-2/h3-10,15,22H,11H2,1-2H3,(H,19,23)(H2,20,21,24)(H,25,26,27). The Bertz CT molecular complexity index is 963. The summed E-state index contributed by atoms with van der Waals surface area (Å²) in [7, 11) is -1.44. The molecule has 0 bridgehead atoms. The SMILES string of the molecule is CNC(=O)C(Cc1ccc(NS(=O)(=O)O)cc1)NC(=O)Nc1ccccc1OC. The Kier molecular flexibility index (Phi) is 7.39. The van der Waals surface area contributed by atoms with Gasteiger partial charge in [0, 0.05) is 13.5 Å². The van der Waals surface area contributed by atoms with Crippen LogP contribution in [0.3, 0.4) is 0 Å². The van der Waals surface area contributed by atoms with Crippen molar-refractivity contribution < 1.29 is 27.3 Å². The quantitative estimate of drug-likeness (QED) is 0.406. The fourth-order valence-corrected chi connectivity index (χ4v) is 2.98. The van der Waals surface area contributed by atoms with Crippen LogP contribution in [0.25, 0.3) is 0 Å². The van der Waals surface area contributed by atoms with E-state index in [2.05, 4.69) is 16.0 Å². The summed E-state index contributed by atoms with van der Waals surface area (Å²) in [6, 6.07) is 11.4. The van der Waals surface area contributed by atoms with Gasteiger partial charge in [-0.25, -0.2) is 4.79 Å². The maximum atomic E-state index is 12.4. The number of hydrogen-bond donors (Lipinski definition) is 5. The lowest BCUT2D eigenvalue weighted by Gasteiger charge is -2.18. The van der Waals surface area contributed by atoms with E-state index in [1.54, 1.807) is 36.4 Å². The Morgan fingerprint density at radius 1 is 1.10 bits per heavy atom. The first kappa shape index (κ1) is 22.0. The average Bonchev–Trinajstić information content (AvgIpc) is 2.67. The van der Waals surface area contributed by atoms with E-state index in [0.29, 0.717) is 17.0 Å². The van der Waals surface area contributed by atoms with Crippen LogP contribution in [0.4, 0.5) is 16.2 Å². The number of urea groups is 1. The summed E-state index contributed by atoms with van der Waals surface area (Å²) in [5.74, 6) is 0.0707. The number of methoxy groups -OCH3 is 1. The Morgan fingerprint density at radius 2 is 1.76 bits per heavy atom. The molecule has 11 heteroatoms. The number of likely N-dealkylation sites (N-methyl/N-ethyl adjacent to an activating group) is 1. The molecule has 0 aromatic heterocycles. The van der Waals surface area contributed by atoms with Crippen molar-refractivity contribution in [1.29, 1.82) is 0 Å². The van der Waals surface area contributed by atoms with Crippen molar-refractivity contribution in [2.45, 2.75) is 12.5 Å². The minimum atomic E-state index is -4.37. The Hall–Kier alpha value is -3.31. The molecule has 29 heavy (non-hydrogen) atoms. The number of amides is 3. The van der Waals surface area contributed by atoms with Gasteiger partial charge in [-0.1, -0.05) is 24.3 Å². The Balaban J connectivity index is 2.07. The smallest absolute Gasteiger partial charge is 0.357 e. The molecule has 2 aromatic carbocycles. The first-order valence-corrected chi connectivity index (χ1v) is 9.92. The Labute approximate surface area is 168 Å². The highest BCUT2D eigenvalue weighted by molar-refractivity contribution is 7.87. The van der Waals surface area contributed by atoms with Crippen molar-refractivity contribution in [3.63, 3.8) is 0 Å². The van der Waals surface area contributed by atoms with Crippen molar-refractivity contribution >= 4 is 33.6 Å². The fraction of sp³-hybridized carbons (Fsp3) is 0.222. The largest absolute Gasteiger partial charge is 0.495 e. The molecule has 0 aliphatic carbocycles. The number of anilines is 2. The van der Waals surface area contributed by atoms with Gasteiger partial charge in [0.15, 0.2) is 0 Å². The molecule has 0 aliphatic heterocycles. The number of nitrogens with one attached hydrogen (secondary N) is 4. The molecule has 5 N–H and O–H groups in total. The molecule has 0 aliphatic rings. The van der Waals surface area contributed by atoms with Gasteiger partial charge in [0.25, 0.3) is 0 Å². The van der Waals surface area contributed by atoms with Gasteiger partial charge in [0.1, 0.15) is 11.8 Å². The van der Waals surface area contributed by atoms with Gasteiger partial charge in [-0.05, 0) is 29.8 Å². The summed E-state index contributed by atoms with van der Waals surface area (Å²) in [6.45, 7) is 0. The van der Waals surface area contributed by atoms with Gasteiger partial charge in [-0.2, -0.15) is 8.42 Å². The highest BCUT2D eigenvalue weighted by Gasteiger charge is 2.21. The number of ether oxygens (including phenoxy) is 1. The maximum absolute atomic E-state index is 12.4. The van der Waals surface area contributed by atoms with E-state index in [-0.39, 0.29) is 12.1 Å². The second kappa shape index (κ2) is 9.75. The third-order valence-corrected chi connectivity index (χ3v) is 4.36. The van der Waals surface area contributed by atoms with Crippen LogP contribution in [0.5, 0.6) is 5.75 Å². The second-order valence-electron chi connectivity index (χ2n) is 5.94. The summed E-state index contributed by atoms with van der Waals surface area (Å²) in [6.07, 6.45) is 0.158. The molecule has 0 spiro atoms. The minimum absolute atomic E-state index is 0.158. The number of rotatable bonds is 8. The molecule has 0 radical (unpaired) electrons. The first-order valence-electron chi connectivity index (χ1n) is 8.48. The molecule has 156 valence electrons. The second-order valence-corrected chi connectivity index (χ2v) is 7.10. The summed E-state index contributed by atoms with van der Waals surface area (Å²) >= 11 is 0. The van der Waals surface area contributed by atoms with Crippen molar-refractivity contribution in [3.8, 4) is 5.75 Å². The summed E-state index contributed by atoms with van der Waals surface area (Å²) in [5, 5.41) is 7.72. The molecule has 2 rings (SSSR count). The molecule has 10 nitrogen and oxygen atoms in total. The molecule has 0 fully saturated rings. The maximum Gasteiger partial charge on any atom is 0.357 e. The predicted molar refractivity (Wildman–Crippen MR) is 108 cm³/mol. The van der Waals surface area contributed by atoms with Crippen LogP contribution >= 0.6 is 0 Å². The van der Waals surface area contributed by atoms with Crippen LogP contribution in [-0.4, -0.2) is 45.1 Å². The molecular weight excluding hydrogens is 400 g/mol. The van der Waals surface area contributed by atoms with Crippen LogP contribution in [0.15, 0.2) is 48.5 Å². The number of para-hydroxylation sites is 2. The Morgan fingerprint density at radius 3 is 2.34 bits per heavy atom. The lowest BCUT2D eigenvalue weighted by atomic mass is 10.0. The highest BCUT2D eigenvalue weighted by Crippen LogP contribution is 2.22. The van der Waals surface area contributed by atoms with E-state index in [1.807, 2.05) is 4.72 Å². The van der Waals surface area contributed by atoms with Gasteiger partial charge < -0.3 is 20.7 Å². The molecule has 0 saturated carbocycles. The van der Waals surface area contributed by atoms with Crippen molar-refractivity contribution in [2.75, 3.05) is 24.2 Å². The average molecular weight is 422 g/mol. The molecule has 0 saturated heterocycles. The molecule has 3 amide bonds. The number of carbonyl (C=O) groups excluding carboxylic acids is 2. The number of benzene rings is 2. The van der Waals surface area contributed by atoms with E-state index in [4.69, 9.17) is 9.29 Å². The van der Waals surface area contributed by atoms with Gasteiger partial charge in [-0.3, -0.25) is 14.1 Å². The summed E-state index contributed by atoms with van der Waals surface area (Å²) in [4.78, 5) is 24.5. The monoisotopic (exact) mass is 422 g/mol. The molecular formula is C18H22N4O6S. The molecule has 0 heterocycles. The zero-order valence-corrected chi connectivity index (χ0v) is 16.6. The molecule has 1 atom stereocenters. The zero-order valence-electron chi connectivity index (χ0n) is 15.8. The number of hydrogen-bond acceptors (Lipinski definition) is 5. The van der Waals surface area contributed by atoms with E-state index < -0.39 is 28.3 Å². The fourth-order valence-electron chi connectivity index (χ4n) is 2.54. The normalized spacial score (nSPS) is 11.8. The topological polar surface area (TPSA) is 146 Å². The van der Waals surface area contributed by atoms with Gasteiger partial charge in [0.2, 0.25) is 5.91 Å². The molecule has 1 unspecified atom stereocenters. The van der Waals surface area contributed by atoms with E-state index in [1.165, 1.54) is 26.3 Å². The van der Waals surface area contributed by atoms with Gasteiger partial charge in [0.05, 0.1) is 18.5 Å². The lowest BCUT2D eigenvalue weighted by Crippen LogP contribution is -2.48. The van der Waals surface area contributed by atoms with Crippen molar-refractivity contribution in [2.24, 2.45) is 0 Å². The summed E-state index contributed by atoms with van der Waals surface area (Å²) < 4.78 is 37.6.